The van der Waals surface area contributed by atoms with Crippen LogP contribution in [0.2, 0.25) is 0 Å². The first-order chi connectivity index (χ1) is 41.0. The summed E-state index contributed by atoms with van der Waals surface area (Å²) in [6, 6.07) is 0. The molecule has 6 heteroatoms. The first-order valence-electron chi connectivity index (χ1n) is 34.0. The van der Waals surface area contributed by atoms with Crippen molar-refractivity contribution in [3.8, 4) is 0 Å². The summed E-state index contributed by atoms with van der Waals surface area (Å²) in [5.74, 6) is -0.916. The molecule has 0 rings (SSSR count). The molecule has 0 aromatic heterocycles. The average Bonchev–Trinajstić information content (AvgIpc) is 3.49. The van der Waals surface area contributed by atoms with E-state index in [1.54, 1.807) is 0 Å². The van der Waals surface area contributed by atoms with Crippen molar-refractivity contribution in [3.05, 3.63) is 158 Å². The molecule has 0 bridgehead atoms. The van der Waals surface area contributed by atoms with Crippen LogP contribution < -0.4 is 0 Å². The smallest absolute Gasteiger partial charge is 0.306 e. The first kappa shape index (κ1) is 78.0. The SMILES string of the molecule is CC/C=C\C/C=C\C/C=C\C/C=C\C/C=C\C/C=C\C/C=C\C/C=C\C/C=C\CCCCCCCC(=O)OCC(COC(=O)CCCCCCCCCCC)OC(=O)CCCCCCCCCCCC/C=C\C/C=C\C/C=C\C/C=C\CC. The Morgan fingerprint density at radius 3 is 0.735 bits per heavy atom. The number of hydrogen-bond acceptors (Lipinski definition) is 6. The van der Waals surface area contributed by atoms with Crippen LogP contribution in [0.4, 0.5) is 0 Å². The van der Waals surface area contributed by atoms with Crippen LogP contribution >= 0.6 is 0 Å². The quantitative estimate of drug-likeness (QED) is 0.0261. The molecular weight excluding hydrogens is 1020 g/mol. The highest BCUT2D eigenvalue weighted by atomic mass is 16.6. The zero-order valence-corrected chi connectivity index (χ0v) is 53.7. The van der Waals surface area contributed by atoms with E-state index >= 15 is 0 Å². The molecule has 0 aromatic carbocycles. The van der Waals surface area contributed by atoms with Crippen molar-refractivity contribution in [1.82, 2.24) is 0 Å². The topological polar surface area (TPSA) is 78.9 Å². The van der Waals surface area contributed by atoms with Gasteiger partial charge in [-0.05, 0) is 128 Å². The van der Waals surface area contributed by atoms with Crippen molar-refractivity contribution in [3.63, 3.8) is 0 Å². The van der Waals surface area contributed by atoms with Crippen molar-refractivity contribution < 1.29 is 28.6 Å². The van der Waals surface area contributed by atoms with Crippen LogP contribution in [0.25, 0.3) is 0 Å². The lowest BCUT2D eigenvalue weighted by atomic mass is 10.0. The molecule has 0 saturated carbocycles. The summed E-state index contributed by atoms with van der Waals surface area (Å²) in [7, 11) is 0. The second kappa shape index (κ2) is 69.5. The van der Waals surface area contributed by atoms with E-state index in [4.69, 9.17) is 14.2 Å². The molecule has 6 nitrogen and oxygen atoms in total. The van der Waals surface area contributed by atoms with Crippen molar-refractivity contribution in [1.29, 1.82) is 0 Å². The highest BCUT2D eigenvalue weighted by Crippen LogP contribution is 2.15. The molecule has 0 aliphatic carbocycles. The summed E-state index contributed by atoms with van der Waals surface area (Å²) in [5, 5.41) is 0. The number of esters is 3. The number of allylic oxidation sites excluding steroid dienone is 26. The van der Waals surface area contributed by atoms with E-state index in [1.165, 1.54) is 89.9 Å². The third kappa shape index (κ3) is 67.7. The Labute approximate surface area is 511 Å². The molecule has 83 heavy (non-hydrogen) atoms. The molecule has 0 saturated heterocycles. The van der Waals surface area contributed by atoms with Gasteiger partial charge in [0.25, 0.3) is 0 Å². The maximum atomic E-state index is 12.9. The fourth-order valence-corrected chi connectivity index (χ4v) is 9.01. The second-order valence-electron chi connectivity index (χ2n) is 22.0. The van der Waals surface area contributed by atoms with Gasteiger partial charge in [-0.25, -0.2) is 0 Å². The highest BCUT2D eigenvalue weighted by molar-refractivity contribution is 5.71. The van der Waals surface area contributed by atoms with Crippen molar-refractivity contribution in [2.45, 2.75) is 297 Å². The Bertz CT molecular complexity index is 1840. The van der Waals surface area contributed by atoms with Gasteiger partial charge in [0.05, 0.1) is 0 Å². The van der Waals surface area contributed by atoms with Crippen LogP contribution in [-0.2, 0) is 28.6 Å². The molecule has 0 radical (unpaired) electrons. The van der Waals surface area contributed by atoms with Crippen LogP contribution in [0, 0.1) is 0 Å². The molecule has 0 aromatic rings. The Morgan fingerprint density at radius 1 is 0.253 bits per heavy atom. The fourth-order valence-electron chi connectivity index (χ4n) is 9.01. The molecule has 0 aliphatic rings. The van der Waals surface area contributed by atoms with Crippen LogP contribution in [-0.4, -0.2) is 37.2 Å². The van der Waals surface area contributed by atoms with E-state index in [0.29, 0.717) is 19.3 Å². The van der Waals surface area contributed by atoms with Gasteiger partial charge >= 0.3 is 17.9 Å². The van der Waals surface area contributed by atoms with Crippen LogP contribution in [0.1, 0.15) is 290 Å². The molecule has 1 atom stereocenters. The fraction of sp³-hybridized carbons (Fsp3) is 0.623. The van der Waals surface area contributed by atoms with E-state index in [0.717, 1.165) is 161 Å². The lowest BCUT2D eigenvalue weighted by Crippen LogP contribution is -2.30. The van der Waals surface area contributed by atoms with E-state index in [2.05, 4.69) is 179 Å². The summed E-state index contributed by atoms with van der Waals surface area (Å²) >= 11 is 0. The van der Waals surface area contributed by atoms with Crippen molar-refractivity contribution in [2.75, 3.05) is 13.2 Å². The van der Waals surface area contributed by atoms with Gasteiger partial charge in [0.2, 0.25) is 0 Å². The largest absolute Gasteiger partial charge is 0.462 e. The standard InChI is InChI=1S/C77H124O6/c1-4-7-10-13-16-19-21-23-25-27-29-31-33-34-35-36-37-38-39-40-41-42-44-45-47-49-51-53-55-58-61-64-67-70-76(79)82-73-74(72-81-75(78)69-66-63-60-57-18-15-12-9-6-3)83-77(80)71-68-65-62-59-56-54-52-50-48-46-43-32-30-28-26-24-22-20-17-14-11-8-5-2/h7-8,10-11,16-17,19-20,23-26,29-32,34-35,37-38,40-41,44-45,49,51,74H,4-6,9,12-15,18,21-22,27-28,33,36,39,42-43,46-48,50,52-73H2,1-3H3/b10-7-,11-8-,19-16-,20-17-,25-23-,26-24-,31-29-,32-30-,35-34-,38-37-,41-40-,45-44-,51-49-. The average molecular weight is 1150 g/mol. The molecular formula is C77H124O6. The number of carbonyl (C=O) groups excluding carboxylic acids is 3. The van der Waals surface area contributed by atoms with Gasteiger partial charge in [-0.3, -0.25) is 14.4 Å². The van der Waals surface area contributed by atoms with Gasteiger partial charge in [-0.15, -0.1) is 0 Å². The summed E-state index contributed by atoms with van der Waals surface area (Å²) in [4.78, 5) is 38.3. The summed E-state index contributed by atoms with van der Waals surface area (Å²) in [6.07, 6.45) is 101. The maximum Gasteiger partial charge on any atom is 0.306 e. The molecule has 0 N–H and O–H groups in total. The molecule has 0 aliphatic heterocycles. The monoisotopic (exact) mass is 1140 g/mol. The summed E-state index contributed by atoms with van der Waals surface area (Å²) < 4.78 is 16.9. The number of ether oxygens (including phenoxy) is 3. The van der Waals surface area contributed by atoms with Crippen molar-refractivity contribution >= 4 is 17.9 Å². The predicted molar refractivity (Wildman–Crippen MR) is 362 cm³/mol. The molecule has 1 unspecified atom stereocenters. The van der Waals surface area contributed by atoms with Gasteiger partial charge < -0.3 is 14.2 Å². The van der Waals surface area contributed by atoms with Crippen molar-refractivity contribution in [2.24, 2.45) is 0 Å². The van der Waals surface area contributed by atoms with E-state index in [-0.39, 0.29) is 31.1 Å². The number of rotatable bonds is 60. The third-order valence-corrected chi connectivity index (χ3v) is 14.0. The first-order valence-corrected chi connectivity index (χ1v) is 34.0. The number of unbranched alkanes of at least 4 members (excludes halogenated alkanes) is 23. The molecule has 0 heterocycles. The summed E-state index contributed by atoms with van der Waals surface area (Å²) in [6.45, 7) is 6.38. The van der Waals surface area contributed by atoms with E-state index < -0.39 is 6.10 Å². The Kier molecular flexibility index (Phi) is 65.4. The maximum absolute atomic E-state index is 12.9. The third-order valence-electron chi connectivity index (χ3n) is 14.0. The minimum Gasteiger partial charge on any atom is -0.462 e. The highest BCUT2D eigenvalue weighted by Gasteiger charge is 2.19. The minimum atomic E-state index is -0.794. The van der Waals surface area contributed by atoms with Gasteiger partial charge in [0.15, 0.2) is 6.10 Å². The summed E-state index contributed by atoms with van der Waals surface area (Å²) in [5.41, 5.74) is 0. The minimum absolute atomic E-state index is 0.0892. The van der Waals surface area contributed by atoms with E-state index in [9.17, 15) is 14.4 Å². The lowest BCUT2D eigenvalue weighted by Gasteiger charge is -2.18. The second-order valence-corrected chi connectivity index (χ2v) is 22.0. The Morgan fingerprint density at radius 2 is 0.470 bits per heavy atom. The number of hydrogen-bond donors (Lipinski definition) is 0. The zero-order valence-electron chi connectivity index (χ0n) is 53.7. The predicted octanol–water partition coefficient (Wildman–Crippen LogP) is 23.7. The Hall–Kier alpha value is -4.97. The van der Waals surface area contributed by atoms with Gasteiger partial charge in [-0.1, -0.05) is 301 Å². The van der Waals surface area contributed by atoms with Crippen LogP contribution in [0.15, 0.2) is 158 Å². The normalized spacial score (nSPS) is 13.1. The van der Waals surface area contributed by atoms with Gasteiger partial charge in [-0.2, -0.15) is 0 Å². The van der Waals surface area contributed by atoms with Gasteiger partial charge in [0, 0.05) is 19.3 Å². The number of carbonyl (C=O) groups is 3. The van der Waals surface area contributed by atoms with Gasteiger partial charge in [0.1, 0.15) is 13.2 Å². The van der Waals surface area contributed by atoms with E-state index in [1.807, 2.05) is 0 Å². The zero-order chi connectivity index (χ0) is 59.9. The lowest BCUT2D eigenvalue weighted by molar-refractivity contribution is -0.167. The molecule has 0 fully saturated rings. The molecule has 0 spiro atoms. The molecule has 0 amide bonds. The van der Waals surface area contributed by atoms with Crippen LogP contribution in [0.3, 0.4) is 0 Å². The Balaban J connectivity index is 4.27. The molecule has 468 valence electrons. The van der Waals surface area contributed by atoms with Crippen LogP contribution in [0.5, 0.6) is 0 Å².